The van der Waals surface area contributed by atoms with E-state index in [-0.39, 0.29) is 24.8 Å². The second-order valence-electron chi connectivity index (χ2n) is 6.66. The van der Waals surface area contributed by atoms with Crippen molar-refractivity contribution in [3.8, 4) is 17.0 Å². The maximum absolute atomic E-state index is 12.9. The van der Waals surface area contributed by atoms with Crippen LogP contribution in [0.5, 0.6) is 5.75 Å². The molecule has 0 bridgehead atoms. The second-order valence-corrected chi connectivity index (χ2v) is 7.50. The van der Waals surface area contributed by atoms with Gasteiger partial charge in [0.2, 0.25) is 0 Å². The van der Waals surface area contributed by atoms with Crippen LogP contribution in [0.2, 0.25) is 10.0 Å². The molecular weight excluding hydrogens is 401 g/mol. The van der Waals surface area contributed by atoms with Crippen molar-refractivity contribution in [2.75, 3.05) is 13.2 Å². The Balaban J connectivity index is 1.92. The second kappa shape index (κ2) is 7.13. The van der Waals surface area contributed by atoms with Crippen molar-refractivity contribution in [1.82, 2.24) is 15.1 Å². The lowest BCUT2D eigenvalue weighted by molar-refractivity contribution is 0.0706. The van der Waals surface area contributed by atoms with Crippen LogP contribution in [0.3, 0.4) is 0 Å². The predicted octanol–water partition coefficient (Wildman–Crippen LogP) is 3.94. The van der Waals surface area contributed by atoms with Crippen LogP contribution in [0.4, 0.5) is 0 Å². The molecule has 0 radical (unpaired) electrons. The van der Waals surface area contributed by atoms with Crippen LogP contribution < -0.4 is 0 Å². The number of aliphatic hydroxyl groups excluding tert-OH is 1. The van der Waals surface area contributed by atoms with Crippen LogP contribution in [0, 0.1) is 6.92 Å². The number of nitrogens with zero attached hydrogens (tertiary/aromatic N) is 2. The molecule has 1 amide bonds. The summed E-state index contributed by atoms with van der Waals surface area (Å²) in [6.07, 6.45) is 0. The molecule has 0 unspecified atom stereocenters. The Morgan fingerprint density at radius 3 is 2.61 bits per heavy atom. The topological polar surface area (TPSA) is 89.5 Å². The first kappa shape index (κ1) is 18.8. The van der Waals surface area contributed by atoms with Gasteiger partial charge in [-0.15, -0.1) is 0 Å². The number of fused-ring (bicyclic) bond motifs is 1. The van der Waals surface area contributed by atoms with Crippen molar-refractivity contribution in [2.45, 2.75) is 13.0 Å². The molecule has 0 aliphatic carbocycles. The highest BCUT2D eigenvalue weighted by Gasteiger charge is 2.42. The average Bonchev–Trinajstić information content (AvgIpc) is 3.20. The zero-order valence-electron chi connectivity index (χ0n) is 14.9. The third-order valence-corrected chi connectivity index (χ3v) is 5.58. The molecule has 1 atom stereocenters. The lowest BCUT2D eigenvalue weighted by Crippen LogP contribution is -2.32. The summed E-state index contributed by atoms with van der Waals surface area (Å²) in [6, 6.07) is 9.89. The van der Waals surface area contributed by atoms with Crippen LogP contribution in [0.15, 0.2) is 36.4 Å². The first-order valence-electron chi connectivity index (χ1n) is 8.67. The number of β-amino-alcohol motifs (C(OH)–C–C–N with tert-alkyl or cyclic N) is 1. The number of aromatic nitrogens is 2. The van der Waals surface area contributed by atoms with Crippen LogP contribution >= 0.6 is 23.2 Å². The van der Waals surface area contributed by atoms with Gasteiger partial charge >= 0.3 is 0 Å². The van der Waals surface area contributed by atoms with Gasteiger partial charge < -0.3 is 15.1 Å². The summed E-state index contributed by atoms with van der Waals surface area (Å²) >= 11 is 12.3. The fourth-order valence-corrected chi connectivity index (χ4v) is 3.88. The molecule has 3 aromatic rings. The smallest absolute Gasteiger partial charge is 0.273 e. The number of H-pyrrole nitrogens is 1. The molecule has 6 nitrogen and oxygen atoms in total. The third kappa shape index (κ3) is 2.94. The number of aromatic hydroxyl groups is 1. The van der Waals surface area contributed by atoms with Gasteiger partial charge in [-0.3, -0.25) is 9.89 Å². The molecule has 0 saturated heterocycles. The van der Waals surface area contributed by atoms with E-state index in [1.165, 1.54) is 0 Å². The summed E-state index contributed by atoms with van der Waals surface area (Å²) in [5.74, 6) is -0.237. The minimum atomic E-state index is -0.472. The first-order chi connectivity index (χ1) is 13.4. The van der Waals surface area contributed by atoms with Crippen molar-refractivity contribution < 1.29 is 15.0 Å². The van der Waals surface area contributed by atoms with Crippen molar-refractivity contribution in [3.05, 3.63) is 68.8 Å². The van der Waals surface area contributed by atoms with Crippen LogP contribution in [0.25, 0.3) is 11.3 Å². The molecular formula is C20H17Cl2N3O3. The van der Waals surface area contributed by atoms with Crippen molar-refractivity contribution in [1.29, 1.82) is 0 Å². The minimum Gasteiger partial charge on any atom is -0.507 e. The van der Waals surface area contributed by atoms with E-state index in [1.54, 1.807) is 36.1 Å². The predicted molar refractivity (Wildman–Crippen MR) is 107 cm³/mol. The molecule has 3 N–H and O–H groups in total. The maximum Gasteiger partial charge on any atom is 0.273 e. The Kier molecular flexibility index (Phi) is 4.79. The number of phenols is 1. The van der Waals surface area contributed by atoms with Crippen LogP contribution in [-0.2, 0) is 0 Å². The number of hydrogen-bond acceptors (Lipinski definition) is 4. The molecule has 0 fully saturated rings. The number of rotatable bonds is 4. The van der Waals surface area contributed by atoms with Gasteiger partial charge in [0.05, 0.1) is 12.6 Å². The SMILES string of the molecule is Cc1cc(O)c(-c2n[nH]c3c2[C@@H](c2ccc(Cl)cc2)N(CCO)C3=O)cc1Cl. The molecule has 1 aromatic heterocycles. The number of halogens is 2. The zero-order chi connectivity index (χ0) is 20.0. The van der Waals surface area contributed by atoms with Crippen LogP contribution in [0.1, 0.15) is 33.2 Å². The van der Waals surface area contributed by atoms with Crippen molar-refractivity contribution >= 4 is 29.1 Å². The van der Waals surface area contributed by atoms with E-state index < -0.39 is 6.04 Å². The number of nitrogens with one attached hydrogen (secondary N) is 1. The van der Waals surface area contributed by atoms with Gasteiger partial charge in [-0.05, 0) is 42.3 Å². The largest absolute Gasteiger partial charge is 0.507 e. The Labute approximate surface area is 171 Å². The van der Waals surface area contributed by atoms with Gasteiger partial charge in [0.25, 0.3) is 5.91 Å². The van der Waals surface area contributed by atoms with Gasteiger partial charge in [-0.2, -0.15) is 5.10 Å². The number of aromatic amines is 1. The van der Waals surface area contributed by atoms with Gasteiger partial charge in [0.15, 0.2) is 0 Å². The molecule has 144 valence electrons. The van der Waals surface area contributed by atoms with Gasteiger partial charge in [-0.25, -0.2) is 0 Å². The standard InChI is InChI=1S/C20H17Cl2N3O3/c1-10-8-15(27)13(9-14(10)22)17-16-18(24-23-17)20(28)25(6-7-26)19(16)11-2-4-12(21)5-3-11/h2-5,8-9,19,26-27H,6-7H2,1H3,(H,23,24)/t19-/m1/s1. The monoisotopic (exact) mass is 417 g/mol. The summed E-state index contributed by atoms with van der Waals surface area (Å²) in [5, 5.41) is 28.1. The molecule has 0 spiro atoms. The van der Waals surface area contributed by atoms with E-state index in [9.17, 15) is 15.0 Å². The lowest BCUT2D eigenvalue weighted by Gasteiger charge is -2.25. The number of aliphatic hydroxyl groups is 1. The van der Waals surface area contributed by atoms with Crippen LogP contribution in [-0.4, -0.2) is 44.4 Å². The molecule has 1 aliphatic heterocycles. The van der Waals surface area contributed by atoms with E-state index in [0.29, 0.717) is 32.6 Å². The zero-order valence-corrected chi connectivity index (χ0v) is 16.4. The van der Waals surface area contributed by atoms with E-state index in [0.717, 1.165) is 11.1 Å². The van der Waals surface area contributed by atoms with E-state index in [1.807, 2.05) is 12.1 Å². The quantitative estimate of drug-likeness (QED) is 0.599. The molecule has 1 aliphatic rings. The highest BCUT2D eigenvalue weighted by molar-refractivity contribution is 6.31. The van der Waals surface area contributed by atoms with E-state index in [4.69, 9.17) is 23.2 Å². The fraction of sp³-hybridized carbons (Fsp3) is 0.200. The van der Waals surface area contributed by atoms with Gasteiger partial charge in [-0.1, -0.05) is 35.3 Å². The Hall–Kier alpha value is -2.54. The molecule has 4 rings (SSSR count). The summed E-state index contributed by atoms with van der Waals surface area (Å²) in [4.78, 5) is 14.5. The Morgan fingerprint density at radius 1 is 1.21 bits per heavy atom. The number of phenolic OH excluding ortho intramolecular Hbond substituents is 1. The Bertz CT molecular complexity index is 1060. The summed E-state index contributed by atoms with van der Waals surface area (Å²) in [5.41, 5.74) is 3.41. The normalized spacial score (nSPS) is 15.9. The number of carbonyl (C=O) groups is 1. The molecule has 2 heterocycles. The number of benzene rings is 2. The highest BCUT2D eigenvalue weighted by atomic mass is 35.5. The first-order valence-corrected chi connectivity index (χ1v) is 9.43. The fourth-order valence-electron chi connectivity index (χ4n) is 3.59. The molecule has 28 heavy (non-hydrogen) atoms. The van der Waals surface area contributed by atoms with E-state index >= 15 is 0 Å². The maximum atomic E-state index is 12.9. The molecule has 0 saturated carbocycles. The minimum absolute atomic E-state index is 0.0270. The summed E-state index contributed by atoms with van der Waals surface area (Å²) in [7, 11) is 0. The summed E-state index contributed by atoms with van der Waals surface area (Å²) in [6.45, 7) is 1.78. The molecule has 2 aromatic carbocycles. The summed E-state index contributed by atoms with van der Waals surface area (Å²) < 4.78 is 0. The van der Waals surface area contributed by atoms with E-state index in [2.05, 4.69) is 10.2 Å². The van der Waals surface area contributed by atoms with Crippen molar-refractivity contribution in [2.24, 2.45) is 0 Å². The number of amides is 1. The number of hydrogen-bond donors (Lipinski definition) is 3. The van der Waals surface area contributed by atoms with Crippen molar-refractivity contribution in [3.63, 3.8) is 0 Å². The Morgan fingerprint density at radius 2 is 1.93 bits per heavy atom. The third-order valence-electron chi connectivity index (χ3n) is 4.92. The number of carbonyl (C=O) groups excluding carboxylic acids is 1. The highest BCUT2D eigenvalue weighted by Crippen LogP contribution is 2.45. The molecule has 8 heteroatoms. The van der Waals surface area contributed by atoms with Gasteiger partial charge in [0, 0.05) is 27.7 Å². The van der Waals surface area contributed by atoms with Gasteiger partial charge in [0.1, 0.15) is 17.1 Å². The average molecular weight is 418 g/mol. The lowest BCUT2D eigenvalue weighted by atomic mass is 9.95. The number of aryl methyl sites for hydroxylation is 1.